The highest BCUT2D eigenvalue weighted by molar-refractivity contribution is 7.99. The topological polar surface area (TPSA) is 48.6 Å². The standard InChI is InChI=1S/C5H7N2OS/c1-4(8)9-5-6-2-3-7-5/h2-4H,1H3,(H,6,7). The molecule has 1 radical (unpaired) electrons. The van der Waals surface area contributed by atoms with Gasteiger partial charge >= 0.3 is 0 Å². The van der Waals surface area contributed by atoms with Crippen LogP contribution in [0.5, 0.6) is 0 Å². The monoisotopic (exact) mass is 143 g/mol. The van der Waals surface area contributed by atoms with E-state index in [2.05, 4.69) is 9.97 Å². The summed E-state index contributed by atoms with van der Waals surface area (Å²) in [5, 5.41) is 11.2. The van der Waals surface area contributed by atoms with E-state index >= 15 is 0 Å². The number of aromatic nitrogens is 2. The van der Waals surface area contributed by atoms with Gasteiger partial charge in [-0.25, -0.2) is 10.1 Å². The summed E-state index contributed by atoms with van der Waals surface area (Å²) in [6.45, 7) is 1.59. The van der Waals surface area contributed by atoms with Crippen LogP contribution in [-0.4, -0.2) is 15.4 Å². The molecule has 4 heteroatoms. The number of imidazole rings is 1. The molecule has 1 unspecified atom stereocenters. The highest BCUT2D eigenvalue weighted by atomic mass is 32.2. The second kappa shape index (κ2) is 2.89. The zero-order chi connectivity index (χ0) is 6.69. The van der Waals surface area contributed by atoms with Crippen molar-refractivity contribution in [3.8, 4) is 0 Å². The van der Waals surface area contributed by atoms with Gasteiger partial charge in [0.25, 0.3) is 0 Å². The minimum atomic E-state index is -0.642. The third-order valence-electron chi connectivity index (χ3n) is 0.751. The first-order valence-corrected chi connectivity index (χ1v) is 3.49. The summed E-state index contributed by atoms with van der Waals surface area (Å²) < 4.78 is 0. The third kappa shape index (κ3) is 2.07. The normalized spacial score (nSPS) is 13.6. The summed E-state index contributed by atoms with van der Waals surface area (Å²) in [7, 11) is 0. The number of hydrogen-bond acceptors (Lipinski definition) is 2. The Labute approximate surface area is 57.5 Å². The van der Waals surface area contributed by atoms with Crippen LogP contribution < -0.4 is 0 Å². The molecule has 0 fully saturated rings. The lowest BCUT2D eigenvalue weighted by molar-refractivity contribution is 0.180. The molecule has 0 spiro atoms. The number of nitrogens with zero attached hydrogens (tertiary/aromatic N) is 1. The second-order valence-corrected chi connectivity index (χ2v) is 2.87. The minimum absolute atomic E-state index is 0.642. The summed E-state index contributed by atoms with van der Waals surface area (Å²) in [6, 6.07) is 0. The number of aromatic amines is 1. The molecular weight excluding hydrogens is 136 g/mol. The van der Waals surface area contributed by atoms with Crippen LogP contribution in [0.2, 0.25) is 0 Å². The summed E-state index contributed by atoms with van der Waals surface area (Å²) in [5.74, 6) is 0. The second-order valence-electron chi connectivity index (χ2n) is 1.58. The average molecular weight is 143 g/mol. The molecule has 1 heterocycles. The Hall–Kier alpha value is -0.480. The number of rotatable bonds is 2. The van der Waals surface area contributed by atoms with Crippen molar-refractivity contribution in [2.24, 2.45) is 0 Å². The van der Waals surface area contributed by atoms with Crippen molar-refractivity contribution in [3.63, 3.8) is 0 Å². The maximum Gasteiger partial charge on any atom is 0.167 e. The van der Waals surface area contributed by atoms with Gasteiger partial charge in [0.05, 0.1) is 0 Å². The van der Waals surface area contributed by atoms with Crippen LogP contribution in [-0.2, 0) is 5.11 Å². The molecular formula is C5H7N2OS. The van der Waals surface area contributed by atoms with Gasteiger partial charge in [0, 0.05) is 12.4 Å². The molecule has 49 valence electrons. The fraction of sp³-hybridized carbons (Fsp3) is 0.400. The van der Waals surface area contributed by atoms with Gasteiger partial charge in [0.2, 0.25) is 0 Å². The molecule has 0 aliphatic rings. The average Bonchev–Trinajstić information content (AvgIpc) is 2.15. The van der Waals surface area contributed by atoms with E-state index in [-0.39, 0.29) is 0 Å². The van der Waals surface area contributed by atoms with Crippen molar-refractivity contribution in [3.05, 3.63) is 12.4 Å². The van der Waals surface area contributed by atoms with Crippen LogP contribution in [0.25, 0.3) is 0 Å². The minimum Gasteiger partial charge on any atom is -0.340 e. The quantitative estimate of drug-likeness (QED) is 0.500. The van der Waals surface area contributed by atoms with Gasteiger partial charge in [-0.15, -0.1) is 0 Å². The molecule has 0 aliphatic heterocycles. The highest BCUT2D eigenvalue weighted by Crippen LogP contribution is 2.15. The number of thioether (sulfide) groups is 1. The first kappa shape index (κ1) is 6.64. The Kier molecular flexibility index (Phi) is 2.13. The molecule has 1 aromatic heterocycles. The first-order valence-electron chi connectivity index (χ1n) is 2.61. The van der Waals surface area contributed by atoms with E-state index in [1.54, 1.807) is 19.3 Å². The van der Waals surface area contributed by atoms with Crippen molar-refractivity contribution in [1.82, 2.24) is 9.97 Å². The lowest BCUT2D eigenvalue weighted by atomic mass is 10.9. The van der Waals surface area contributed by atoms with E-state index in [9.17, 15) is 5.11 Å². The number of nitrogens with one attached hydrogen (secondary N) is 1. The van der Waals surface area contributed by atoms with Crippen LogP contribution in [0.4, 0.5) is 0 Å². The molecule has 0 aliphatic carbocycles. The van der Waals surface area contributed by atoms with Gasteiger partial charge in [-0.05, 0) is 6.92 Å². The molecule has 0 bridgehead atoms. The molecule has 0 amide bonds. The maximum atomic E-state index is 10.5. The van der Waals surface area contributed by atoms with Gasteiger partial charge in [-0.2, -0.15) is 0 Å². The summed E-state index contributed by atoms with van der Waals surface area (Å²) in [5.41, 5.74) is -0.642. The molecule has 1 atom stereocenters. The van der Waals surface area contributed by atoms with Crippen molar-refractivity contribution < 1.29 is 5.11 Å². The SMILES string of the molecule is CC([O])Sc1ncc[nH]1. The smallest absolute Gasteiger partial charge is 0.167 e. The van der Waals surface area contributed by atoms with Crippen LogP contribution in [0, 0.1) is 0 Å². The zero-order valence-corrected chi connectivity index (χ0v) is 5.81. The van der Waals surface area contributed by atoms with Crippen molar-refractivity contribution in [2.45, 2.75) is 17.5 Å². The molecule has 1 N–H and O–H groups in total. The molecule has 1 aromatic rings. The van der Waals surface area contributed by atoms with Gasteiger partial charge < -0.3 is 4.98 Å². The molecule has 1 rings (SSSR count). The lowest BCUT2D eigenvalue weighted by Gasteiger charge is -1.94. The Morgan fingerprint density at radius 1 is 1.89 bits per heavy atom. The Morgan fingerprint density at radius 2 is 2.67 bits per heavy atom. The van der Waals surface area contributed by atoms with E-state index in [4.69, 9.17) is 0 Å². The van der Waals surface area contributed by atoms with E-state index in [0.717, 1.165) is 0 Å². The molecule has 0 aromatic carbocycles. The van der Waals surface area contributed by atoms with Crippen LogP contribution >= 0.6 is 11.8 Å². The van der Waals surface area contributed by atoms with E-state index < -0.39 is 5.44 Å². The predicted molar refractivity (Wildman–Crippen MR) is 34.6 cm³/mol. The van der Waals surface area contributed by atoms with Crippen molar-refractivity contribution >= 4 is 11.8 Å². The maximum absolute atomic E-state index is 10.5. The number of H-pyrrole nitrogens is 1. The van der Waals surface area contributed by atoms with Crippen LogP contribution in [0.3, 0.4) is 0 Å². The highest BCUT2D eigenvalue weighted by Gasteiger charge is 2.00. The van der Waals surface area contributed by atoms with Crippen LogP contribution in [0.15, 0.2) is 17.6 Å². The van der Waals surface area contributed by atoms with Gasteiger partial charge in [-0.1, -0.05) is 11.8 Å². The lowest BCUT2D eigenvalue weighted by Crippen LogP contribution is -1.89. The van der Waals surface area contributed by atoms with Gasteiger partial charge in [-0.3, -0.25) is 0 Å². The largest absolute Gasteiger partial charge is 0.340 e. The van der Waals surface area contributed by atoms with Gasteiger partial charge in [0.15, 0.2) is 5.16 Å². The Balaban J connectivity index is 2.48. The van der Waals surface area contributed by atoms with Gasteiger partial charge in [0.1, 0.15) is 5.44 Å². The fourth-order valence-corrected chi connectivity index (χ4v) is 1.04. The summed E-state index contributed by atoms with van der Waals surface area (Å²) in [6.07, 6.45) is 3.33. The molecule has 0 saturated heterocycles. The van der Waals surface area contributed by atoms with E-state index in [0.29, 0.717) is 5.16 Å². The van der Waals surface area contributed by atoms with E-state index in [1.807, 2.05) is 0 Å². The third-order valence-corrected chi connectivity index (χ3v) is 1.53. The van der Waals surface area contributed by atoms with Crippen molar-refractivity contribution in [1.29, 1.82) is 0 Å². The van der Waals surface area contributed by atoms with E-state index in [1.165, 1.54) is 11.8 Å². The van der Waals surface area contributed by atoms with Crippen LogP contribution in [0.1, 0.15) is 6.92 Å². The summed E-state index contributed by atoms with van der Waals surface area (Å²) >= 11 is 1.18. The Bertz CT molecular complexity index is 161. The molecule has 3 nitrogen and oxygen atoms in total. The zero-order valence-electron chi connectivity index (χ0n) is 5.00. The fourth-order valence-electron chi connectivity index (χ4n) is 0.472. The predicted octanol–water partition coefficient (Wildman–Crippen LogP) is 1.28. The first-order chi connectivity index (χ1) is 4.29. The Morgan fingerprint density at radius 3 is 3.11 bits per heavy atom. The molecule has 0 saturated carbocycles. The molecule has 9 heavy (non-hydrogen) atoms. The summed E-state index contributed by atoms with van der Waals surface area (Å²) in [4.78, 5) is 6.68. The number of hydrogen-bond donors (Lipinski definition) is 1. The van der Waals surface area contributed by atoms with Crippen molar-refractivity contribution in [2.75, 3.05) is 0 Å².